The van der Waals surface area contributed by atoms with Crippen molar-refractivity contribution in [3.8, 4) is 0 Å². The zero-order valence-electron chi connectivity index (χ0n) is 9.98. The maximum atomic E-state index is 10.7. The van der Waals surface area contributed by atoms with E-state index in [4.69, 9.17) is 9.84 Å². The van der Waals surface area contributed by atoms with Crippen LogP contribution in [0.1, 0.15) is 39.0 Å². The predicted octanol–water partition coefficient (Wildman–Crippen LogP) is 2.79. The second-order valence-electron chi connectivity index (χ2n) is 4.23. The third kappa shape index (κ3) is 5.21. The van der Waals surface area contributed by atoms with Crippen molar-refractivity contribution in [1.29, 1.82) is 0 Å². The molecule has 1 aliphatic carbocycles. The van der Waals surface area contributed by atoms with Crippen LogP contribution in [0.25, 0.3) is 0 Å². The van der Waals surface area contributed by atoms with Gasteiger partial charge in [0.2, 0.25) is 0 Å². The van der Waals surface area contributed by atoms with Crippen LogP contribution in [0.15, 0.2) is 0 Å². The minimum atomic E-state index is -0.641. The second-order valence-corrected chi connectivity index (χ2v) is 5.63. The highest BCUT2D eigenvalue weighted by molar-refractivity contribution is 7.99. The van der Waals surface area contributed by atoms with Crippen molar-refractivity contribution >= 4 is 17.7 Å². The van der Waals surface area contributed by atoms with Gasteiger partial charge in [-0.05, 0) is 43.6 Å². The van der Waals surface area contributed by atoms with Crippen LogP contribution in [0.2, 0.25) is 0 Å². The Morgan fingerprint density at radius 1 is 1.38 bits per heavy atom. The Kier molecular flexibility index (Phi) is 6.88. The smallest absolute Gasteiger partial charge is 0.306 e. The van der Waals surface area contributed by atoms with Crippen molar-refractivity contribution in [2.75, 3.05) is 18.1 Å². The van der Waals surface area contributed by atoms with Gasteiger partial charge in [-0.3, -0.25) is 4.79 Å². The third-order valence-electron chi connectivity index (χ3n) is 3.01. The molecule has 1 aliphatic rings. The fourth-order valence-electron chi connectivity index (χ4n) is 2.03. The highest BCUT2D eigenvalue weighted by atomic mass is 32.2. The Bertz CT molecular complexity index is 200. The van der Waals surface area contributed by atoms with Gasteiger partial charge in [0, 0.05) is 6.61 Å². The van der Waals surface area contributed by atoms with E-state index in [1.807, 2.05) is 11.8 Å². The molecule has 16 heavy (non-hydrogen) atoms. The number of rotatable bonds is 7. The molecule has 0 unspecified atom stereocenters. The molecule has 0 heterocycles. The highest BCUT2D eigenvalue weighted by Gasteiger charge is 2.25. The molecule has 94 valence electrons. The molecule has 1 rings (SSSR count). The quantitative estimate of drug-likeness (QED) is 0.702. The summed E-state index contributed by atoms with van der Waals surface area (Å²) >= 11 is 1.94. The minimum Gasteiger partial charge on any atom is -0.481 e. The van der Waals surface area contributed by atoms with E-state index in [1.165, 1.54) is 11.5 Å². The summed E-state index contributed by atoms with van der Waals surface area (Å²) in [5, 5.41) is 8.85. The number of ether oxygens (including phenoxy) is 1. The highest BCUT2D eigenvalue weighted by Crippen LogP contribution is 2.26. The normalized spacial score (nSPS) is 25.6. The number of carboxylic acids is 1. The maximum absolute atomic E-state index is 10.7. The van der Waals surface area contributed by atoms with Crippen LogP contribution in [0, 0.1) is 5.92 Å². The van der Waals surface area contributed by atoms with Crippen LogP contribution in [0.5, 0.6) is 0 Å². The van der Waals surface area contributed by atoms with Crippen molar-refractivity contribution in [1.82, 2.24) is 0 Å². The summed E-state index contributed by atoms with van der Waals surface area (Å²) < 4.78 is 5.75. The zero-order chi connectivity index (χ0) is 11.8. The van der Waals surface area contributed by atoms with Crippen molar-refractivity contribution in [3.63, 3.8) is 0 Å². The molecule has 0 radical (unpaired) electrons. The Hall–Kier alpha value is -0.220. The van der Waals surface area contributed by atoms with Crippen LogP contribution in [0.4, 0.5) is 0 Å². The molecule has 0 aromatic rings. The first-order chi connectivity index (χ1) is 7.74. The first-order valence-electron chi connectivity index (χ1n) is 6.16. The van der Waals surface area contributed by atoms with Gasteiger partial charge in [0.25, 0.3) is 0 Å². The van der Waals surface area contributed by atoms with Crippen molar-refractivity contribution < 1.29 is 14.6 Å². The summed E-state index contributed by atoms with van der Waals surface area (Å²) in [5.41, 5.74) is 0. The van der Waals surface area contributed by atoms with Gasteiger partial charge in [0.15, 0.2) is 0 Å². The van der Waals surface area contributed by atoms with E-state index in [0.29, 0.717) is 6.10 Å². The Labute approximate surface area is 102 Å². The largest absolute Gasteiger partial charge is 0.481 e. The van der Waals surface area contributed by atoms with Crippen LogP contribution >= 0.6 is 11.8 Å². The maximum Gasteiger partial charge on any atom is 0.306 e. The molecule has 0 aliphatic heterocycles. The van der Waals surface area contributed by atoms with Crippen LogP contribution in [-0.4, -0.2) is 35.3 Å². The molecule has 1 saturated carbocycles. The molecule has 4 heteroatoms. The van der Waals surface area contributed by atoms with Crippen LogP contribution in [-0.2, 0) is 9.53 Å². The van der Waals surface area contributed by atoms with Crippen molar-refractivity contribution in [2.45, 2.75) is 45.1 Å². The molecule has 0 bridgehead atoms. The van der Waals surface area contributed by atoms with Gasteiger partial charge >= 0.3 is 5.97 Å². The number of carbonyl (C=O) groups is 1. The fraction of sp³-hybridized carbons (Fsp3) is 0.917. The van der Waals surface area contributed by atoms with E-state index in [2.05, 4.69) is 6.92 Å². The van der Waals surface area contributed by atoms with Gasteiger partial charge < -0.3 is 9.84 Å². The molecule has 3 nitrogen and oxygen atoms in total. The molecular formula is C12H22O3S. The van der Waals surface area contributed by atoms with Crippen molar-refractivity contribution in [2.24, 2.45) is 5.92 Å². The van der Waals surface area contributed by atoms with Gasteiger partial charge in [-0.1, -0.05) is 6.92 Å². The second kappa shape index (κ2) is 7.96. The predicted molar refractivity (Wildman–Crippen MR) is 66.9 cm³/mol. The molecular weight excluding hydrogens is 224 g/mol. The van der Waals surface area contributed by atoms with Crippen LogP contribution in [0.3, 0.4) is 0 Å². The molecule has 1 fully saturated rings. The molecule has 0 saturated heterocycles. The van der Waals surface area contributed by atoms with Gasteiger partial charge in [0.05, 0.1) is 12.0 Å². The van der Waals surface area contributed by atoms with E-state index in [9.17, 15) is 4.79 Å². The standard InChI is InChI=1S/C12H22O3S/c1-2-16-9-3-8-15-11-6-4-10(5-7-11)12(13)14/h10-11H,2-9H2,1H3,(H,13,14). The average Bonchev–Trinajstić information content (AvgIpc) is 2.29. The summed E-state index contributed by atoms with van der Waals surface area (Å²) in [5.74, 6) is 1.57. The lowest BCUT2D eigenvalue weighted by Crippen LogP contribution is -2.26. The van der Waals surface area contributed by atoms with Crippen molar-refractivity contribution in [3.05, 3.63) is 0 Å². The fourth-order valence-corrected chi connectivity index (χ4v) is 2.64. The first kappa shape index (κ1) is 13.8. The lowest BCUT2D eigenvalue weighted by atomic mass is 9.87. The van der Waals surface area contributed by atoms with E-state index in [1.54, 1.807) is 0 Å². The number of aliphatic carboxylic acids is 1. The summed E-state index contributed by atoms with van der Waals surface area (Å²) in [6.07, 6.45) is 4.81. The van der Waals surface area contributed by atoms with E-state index < -0.39 is 5.97 Å². The van der Waals surface area contributed by atoms with Gasteiger partial charge in [0.1, 0.15) is 0 Å². The van der Waals surface area contributed by atoms with E-state index >= 15 is 0 Å². The molecule has 1 N–H and O–H groups in total. The lowest BCUT2D eigenvalue weighted by molar-refractivity contribution is -0.143. The van der Waals surface area contributed by atoms with Crippen LogP contribution < -0.4 is 0 Å². The SMILES string of the molecule is CCSCCCOC1CCC(C(=O)O)CC1. The molecule has 0 spiro atoms. The summed E-state index contributed by atoms with van der Waals surface area (Å²) in [6, 6.07) is 0. The van der Waals surface area contributed by atoms with Gasteiger partial charge in [-0.25, -0.2) is 0 Å². The average molecular weight is 246 g/mol. The molecule has 0 aromatic carbocycles. The van der Waals surface area contributed by atoms with Gasteiger partial charge in [-0.15, -0.1) is 0 Å². The Morgan fingerprint density at radius 3 is 2.62 bits per heavy atom. The Balaban J connectivity index is 2.02. The zero-order valence-corrected chi connectivity index (χ0v) is 10.8. The first-order valence-corrected chi connectivity index (χ1v) is 7.31. The monoisotopic (exact) mass is 246 g/mol. The molecule has 0 amide bonds. The summed E-state index contributed by atoms with van der Waals surface area (Å²) in [4.78, 5) is 10.7. The molecule has 0 aromatic heterocycles. The minimum absolute atomic E-state index is 0.129. The molecule has 0 atom stereocenters. The van der Waals surface area contributed by atoms with Gasteiger partial charge in [-0.2, -0.15) is 11.8 Å². The third-order valence-corrected chi connectivity index (χ3v) is 4.00. The van der Waals surface area contributed by atoms with E-state index in [0.717, 1.165) is 38.7 Å². The number of thioether (sulfide) groups is 1. The number of carboxylic acid groups (broad SMARTS) is 1. The lowest BCUT2D eigenvalue weighted by Gasteiger charge is -2.26. The number of hydrogen-bond donors (Lipinski definition) is 1. The topological polar surface area (TPSA) is 46.5 Å². The number of hydrogen-bond acceptors (Lipinski definition) is 3. The Morgan fingerprint density at radius 2 is 2.06 bits per heavy atom. The summed E-state index contributed by atoms with van der Waals surface area (Å²) in [7, 11) is 0. The van der Waals surface area contributed by atoms with E-state index in [-0.39, 0.29) is 5.92 Å². The summed E-state index contributed by atoms with van der Waals surface area (Å²) in [6.45, 7) is 2.99.